The zero-order valence-electron chi connectivity index (χ0n) is 11.9. The van der Waals surface area contributed by atoms with Crippen LogP contribution >= 0.6 is 27.3 Å². The summed E-state index contributed by atoms with van der Waals surface area (Å²) < 4.78 is 1.12. The third-order valence-electron chi connectivity index (χ3n) is 3.09. The maximum atomic E-state index is 4.49. The van der Waals surface area contributed by atoms with Gasteiger partial charge in [-0.1, -0.05) is 28.1 Å². The zero-order chi connectivity index (χ0) is 14.4. The van der Waals surface area contributed by atoms with Crippen molar-refractivity contribution in [2.75, 3.05) is 18.0 Å². The summed E-state index contributed by atoms with van der Waals surface area (Å²) in [4.78, 5) is 8.05. The molecular weight excluding hydrogens is 334 g/mol. The summed E-state index contributed by atoms with van der Waals surface area (Å²) in [5.74, 6) is 0. The largest absolute Gasteiger partial charge is 0.349 e. The van der Waals surface area contributed by atoms with Crippen molar-refractivity contribution in [2.24, 2.45) is 0 Å². The molecule has 20 heavy (non-hydrogen) atoms. The van der Waals surface area contributed by atoms with E-state index in [0.717, 1.165) is 35.8 Å². The van der Waals surface area contributed by atoms with Crippen LogP contribution in [0.1, 0.15) is 24.3 Å². The lowest BCUT2D eigenvalue weighted by Gasteiger charge is -2.16. The number of anilines is 1. The number of rotatable bonds is 7. The minimum absolute atomic E-state index is 0.867. The molecule has 0 amide bonds. The smallest absolute Gasteiger partial charge is 0.185 e. The fraction of sp³-hybridized carbons (Fsp3) is 0.400. The van der Waals surface area contributed by atoms with Crippen LogP contribution in [0.25, 0.3) is 0 Å². The van der Waals surface area contributed by atoms with Gasteiger partial charge in [0.15, 0.2) is 5.13 Å². The molecule has 0 aliphatic heterocycles. The number of nitrogens with zero attached hydrogens (tertiary/aromatic N) is 2. The van der Waals surface area contributed by atoms with Crippen molar-refractivity contribution in [3.63, 3.8) is 0 Å². The van der Waals surface area contributed by atoms with Crippen LogP contribution in [0.5, 0.6) is 0 Å². The Bertz CT molecular complexity index is 537. The Morgan fingerprint density at radius 3 is 2.75 bits per heavy atom. The number of hydrogen-bond acceptors (Lipinski definition) is 4. The van der Waals surface area contributed by atoms with E-state index in [9.17, 15) is 0 Å². The first kappa shape index (κ1) is 15.5. The van der Waals surface area contributed by atoms with Crippen molar-refractivity contribution in [3.05, 3.63) is 45.4 Å². The van der Waals surface area contributed by atoms with Gasteiger partial charge in [-0.2, -0.15) is 0 Å². The first-order chi connectivity index (χ1) is 9.72. The predicted molar refractivity (Wildman–Crippen MR) is 90.4 cm³/mol. The normalized spacial score (nSPS) is 10.8. The minimum Gasteiger partial charge on any atom is -0.349 e. The van der Waals surface area contributed by atoms with Crippen LogP contribution in [0.3, 0.4) is 0 Å². The Hall–Kier alpha value is -0.910. The second kappa shape index (κ2) is 7.76. The highest BCUT2D eigenvalue weighted by atomic mass is 79.9. The molecule has 0 saturated heterocycles. The van der Waals surface area contributed by atoms with E-state index in [0.29, 0.717) is 0 Å². The Labute approximate surface area is 133 Å². The van der Waals surface area contributed by atoms with E-state index >= 15 is 0 Å². The molecule has 1 N–H and O–H groups in total. The molecule has 1 aromatic carbocycles. The van der Waals surface area contributed by atoms with Crippen molar-refractivity contribution in [1.82, 2.24) is 10.3 Å². The molecule has 0 unspecified atom stereocenters. The summed E-state index contributed by atoms with van der Waals surface area (Å²) in [5.41, 5.74) is 1.29. The summed E-state index contributed by atoms with van der Waals surface area (Å²) in [5, 5.41) is 4.58. The van der Waals surface area contributed by atoms with Gasteiger partial charge in [-0.3, -0.25) is 0 Å². The molecule has 3 nitrogen and oxygen atoms in total. The van der Waals surface area contributed by atoms with Crippen molar-refractivity contribution in [1.29, 1.82) is 0 Å². The summed E-state index contributed by atoms with van der Waals surface area (Å²) in [6.45, 7) is 8.08. The van der Waals surface area contributed by atoms with Crippen LogP contribution in [0, 0.1) is 0 Å². The molecule has 0 fully saturated rings. The third-order valence-corrected chi connectivity index (χ3v) is 4.64. The second-order valence-electron chi connectivity index (χ2n) is 4.51. The maximum absolute atomic E-state index is 4.49. The summed E-state index contributed by atoms with van der Waals surface area (Å²) in [6, 6.07) is 8.38. The first-order valence-electron chi connectivity index (χ1n) is 6.87. The summed E-state index contributed by atoms with van der Waals surface area (Å²) >= 11 is 5.26. The molecule has 0 aliphatic carbocycles. The standard InChI is InChI=1S/C15H20BrN3S/c1-3-19(4-2)15-18-11-14(20-15)10-17-9-12-6-5-7-13(16)8-12/h5-8,11,17H,3-4,9-10H2,1-2H3. The van der Waals surface area contributed by atoms with E-state index in [1.54, 1.807) is 11.3 Å². The minimum atomic E-state index is 0.867. The average molecular weight is 354 g/mol. The van der Waals surface area contributed by atoms with Gasteiger partial charge in [0.05, 0.1) is 0 Å². The Morgan fingerprint density at radius 2 is 2.05 bits per heavy atom. The second-order valence-corrected chi connectivity index (χ2v) is 6.52. The average Bonchev–Trinajstić information content (AvgIpc) is 2.89. The van der Waals surface area contributed by atoms with Crippen LogP contribution in [-0.4, -0.2) is 18.1 Å². The molecule has 2 aromatic rings. The van der Waals surface area contributed by atoms with E-state index in [-0.39, 0.29) is 0 Å². The highest BCUT2D eigenvalue weighted by Gasteiger charge is 2.07. The summed E-state index contributed by atoms with van der Waals surface area (Å²) in [7, 11) is 0. The molecule has 1 heterocycles. The van der Waals surface area contributed by atoms with Gasteiger partial charge in [0, 0.05) is 41.7 Å². The van der Waals surface area contributed by atoms with Gasteiger partial charge >= 0.3 is 0 Å². The molecular formula is C15H20BrN3S. The Kier molecular flexibility index (Phi) is 6.01. The van der Waals surface area contributed by atoms with Gasteiger partial charge in [0.1, 0.15) is 0 Å². The van der Waals surface area contributed by atoms with Gasteiger partial charge in [-0.05, 0) is 31.5 Å². The van der Waals surface area contributed by atoms with E-state index in [1.165, 1.54) is 10.4 Å². The van der Waals surface area contributed by atoms with Crippen LogP contribution < -0.4 is 10.2 Å². The van der Waals surface area contributed by atoms with Crippen LogP contribution in [0.2, 0.25) is 0 Å². The fourth-order valence-electron chi connectivity index (χ4n) is 2.00. The van der Waals surface area contributed by atoms with Crippen LogP contribution in [0.15, 0.2) is 34.9 Å². The van der Waals surface area contributed by atoms with E-state index in [1.807, 2.05) is 12.3 Å². The lowest BCUT2D eigenvalue weighted by atomic mass is 10.2. The van der Waals surface area contributed by atoms with Crippen LogP contribution in [-0.2, 0) is 13.1 Å². The molecule has 0 aliphatic rings. The Balaban J connectivity index is 1.85. The van der Waals surface area contributed by atoms with Gasteiger partial charge in [-0.25, -0.2) is 4.98 Å². The monoisotopic (exact) mass is 353 g/mol. The van der Waals surface area contributed by atoms with E-state index in [4.69, 9.17) is 0 Å². The molecule has 0 radical (unpaired) electrons. The molecule has 2 rings (SSSR count). The van der Waals surface area contributed by atoms with Crippen LogP contribution in [0.4, 0.5) is 5.13 Å². The van der Waals surface area contributed by atoms with Crippen molar-refractivity contribution in [3.8, 4) is 0 Å². The number of benzene rings is 1. The number of halogens is 1. The lowest BCUT2D eigenvalue weighted by Crippen LogP contribution is -2.21. The third kappa shape index (κ3) is 4.30. The Morgan fingerprint density at radius 1 is 1.25 bits per heavy atom. The van der Waals surface area contributed by atoms with Gasteiger partial charge in [-0.15, -0.1) is 11.3 Å². The molecule has 5 heteroatoms. The maximum Gasteiger partial charge on any atom is 0.185 e. The number of aromatic nitrogens is 1. The lowest BCUT2D eigenvalue weighted by molar-refractivity contribution is 0.700. The van der Waals surface area contributed by atoms with Crippen molar-refractivity contribution in [2.45, 2.75) is 26.9 Å². The van der Waals surface area contributed by atoms with Gasteiger partial charge in [0.2, 0.25) is 0 Å². The number of nitrogens with one attached hydrogen (secondary N) is 1. The molecule has 0 bridgehead atoms. The summed E-state index contributed by atoms with van der Waals surface area (Å²) in [6.07, 6.45) is 1.98. The topological polar surface area (TPSA) is 28.2 Å². The highest BCUT2D eigenvalue weighted by molar-refractivity contribution is 9.10. The first-order valence-corrected chi connectivity index (χ1v) is 8.48. The van der Waals surface area contributed by atoms with E-state index in [2.05, 4.69) is 63.2 Å². The molecule has 1 aromatic heterocycles. The van der Waals surface area contributed by atoms with E-state index < -0.39 is 0 Å². The molecule has 0 spiro atoms. The molecule has 0 saturated carbocycles. The highest BCUT2D eigenvalue weighted by Crippen LogP contribution is 2.22. The fourth-order valence-corrected chi connectivity index (χ4v) is 3.45. The van der Waals surface area contributed by atoms with Gasteiger partial charge in [0.25, 0.3) is 0 Å². The van der Waals surface area contributed by atoms with Crippen molar-refractivity contribution < 1.29 is 0 Å². The molecule has 0 atom stereocenters. The zero-order valence-corrected chi connectivity index (χ0v) is 14.3. The predicted octanol–water partition coefficient (Wildman–Crippen LogP) is 4.04. The SMILES string of the molecule is CCN(CC)c1ncc(CNCc2cccc(Br)c2)s1. The molecule has 108 valence electrons. The number of thiazole rings is 1. The quantitative estimate of drug-likeness (QED) is 0.813. The van der Waals surface area contributed by atoms with Crippen molar-refractivity contribution >= 4 is 32.4 Å². The van der Waals surface area contributed by atoms with Gasteiger partial charge < -0.3 is 10.2 Å². The number of hydrogen-bond donors (Lipinski definition) is 1.